The normalized spacial score (nSPS) is 10.8. The first-order chi connectivity index (χ1) is 6.70. The van der Waals surface area contributed by atoms with E-state index in [1.165, 1.54) is 0 Å². The van der Waals surface area contributed by atoms with E-state index in [-0.39, 0.29) is 0 Å². The van der Waals surface area contributed by atoms with E-state index in [1.807, 2.05) is 19.9 Å². The van der Waals surface area contributed by atoms with Crippen LogP contribution in [-0.2, 0) is 5.33 Å². The molecule has 14 heavy (non-hydrogen) atoms. The van der Waals surface area contributed by atoms with Gasteiger partial charge in [-0.25, -0.2) is 0 Å². The fourth-order valence-corrected chi connectivity index (χ4v) is 1.49. The zero-order chi connectivity index (χ0) is 10.1. The lowest BCUT2D eigenvalue weighted by atomic mass is 10.2. The van der Waals surface area contributed by atoms with E-state index in [0.29, 0.717) is 17.1 Å². The van der Waals surface area contributed by atoms with Crippen LogP contribution in [0.5, 0.6) is 0 Å². The summed E-state index contributed by atoms with van der Waals surface area (Å²) in [6, 6.07) is 1.89. The van der Waals surface area contributed by atoms with Crippen LogP contribution in [0.4, 0.5) is 0 Å². The minimum absolute atomic E-state index is 0.508. The molecule has 0 unspecified atom stereocenters. The van der Waals surface area contributed by atoms with Crippen molar-refractivity contribution in [2.24, 2.45) is 0 Å². The van der Waals surface area contributed by atoms with E-state index in [1.54, 1.807) is 0 Å². The van der Waals surface area contributed by atoms with Crippen molar-refractivity contribution in [3.05, 3.63) is 23.5 Å². The Hall–Kier alpha value is -1.10. The maximum absolute atomic E-state index is 5.38. The molecule has 0 bridgehead atoms. The standard InChI is InChI=1S/C9H9BrN2O2/c1-5-3-7(6(2)13-5)9-12-11-8(4-10)14-9/h3H,4H2,1-2H3. The number of aryl methyl sites for hydroxylation is 2. The number of alkyl halides is 1. The van der Waals surface area contributed by atoms with Crippen LogP contribution in [-0.4, -0.2) is 10.2 Å². The van der Waals surface area contributed by atoms with E-state index in [2.05, 4.69) is 26.1 Å². The van der Waals surface area contributed by atoms with Crippen molar-refractivity contribution in [3.63, 3.8) is 0 Å². The second kappa shape index (κ2) is 3.57. The van der Waals surface area contributed by atoms with Crippen molar-refractivity contribution in [2.75, 3.05) is 0 Å². The molecule has 0 fully saturated rings. The number of hydrogen-bond acceptors (Lipinski definition) is 4. The number of aromatic nitrogens is 2. The highest BCUT2D eigenvalue weighted by molar-refractivity contribution is 9.08. The molecule has 0 saturated heterocycles. The number of hydrogen-bond donors (Lipinski definition) is 0. The number of nitrogens with zero attached hydrogens (tertiary/aromatic N) is 2. The van der Waals surface area contributed by atoms with Crippen molar-refractivity contribution in [2.45, 2.75) is 19.2 Å². The van der Waals surface area contributed by atoms with Crippen LogP contribution in [0.1, 0.15) is 17.4 Å². The quantitative estimate of drug-likeness (QED) is 0.776. The third-order valence-electron chi connectivity index (χ3n) is 1.85. The first-order valence-corrected chi connectivity index (χ1v) is 5.28. The van der Waals surface area contributed by atoms with Crippen LogP contribution in [0.2, 0.25) is 0 Å². The second-order valence-corrected chi connectivity index (χ2v) is 3.52. The van der Waals surface area contributed by atoms with Gasteiger partial charge in [0, 0.05) is 0 Å². The maximum atomic E-state index is 5.38. The Morgan fingerprint density at radius 3 is 2.57 bits per heavy atom. The second-order valence-electron chi connectivity index (χ2n) is 2.96. The summed E-state index contributed by atoms with van der Waals surface area (Å²) in [5, 5.41) is 8.35. The number of furan rings is 1. The lowest BCUT2D eigenvalue weighted by molar-refractivity contribution is 0.500. The molecule has 0 aliphatic heterocycles. The number of halogens is 1. The molecule has 0 atom stereocenters. The van der Waals surface area contributed by atoms with Crippen LogP contribution in [0, 0.1) is 13.8 Å². The van der Waals surface area contributed by atoms with E-state index in [0.717, 1.165) is 17.1 Å². The summed E-state index contributed by atoms with van der Waals surface area (Å²) < 4.78 is 10.8. The van der Waals surface area contributed by atoms with Crippen molar-refractivity contribution in [1.29, 1.82) is 0 Å². The van der Waals surface area contributed by atoms with Crippen molar-refractivity contribution < 1.29 is 8.83 Å². The Morgan fingerprint density at radius 2 is 2.07 bits per heavy atom. The smallest absolute Gasteiger partial charge is 0.251 e. The van der Waals surface area contributed by atoms with Crippen LogP contribution in [0.25, 0.3) is 11.5 Å². The highest BCUT2D eigenvalue weighted by Gasteiger charge is 2.13. The molecular formula is C9H9BrN2O2. The Balaban J connectivity index is 2.43. The molecule has 0 N–H and O–H groups in total. The average Bonchev–Trinajstić information content (AvgIpc) is 2.71. The molecule has 2 heterocycles. The van der Waals surface area contributed by atoms with Crippen molar-refractivity contribution in [1.82, 2.24) is 10.2 Å². The molecule has 0 aliphatic rings. The topological polar surface area (TPSA) is 52.1 Å². The van der Waals surface area contributed by atoms with Gasteiger partial charge in [-0.3, -0.25) is 0 Å². The molecule has 0 spiro atoms. The lowest BCUT2D eigenvalue weighted by Crippen LogP contribution is -1.76. The first kappa shape index (κ1) is 9.45. The van der Waals surface area contributed by atoms with Gasteiger partial charge in [-0.1, -0.05) is 15.9 Å². The van der Waals surface area contributed by atoms with Gasteiger partial charge < -0.3 is 8.83 Å². The minimum Gasteiger partial charge on any atom is -0.466 e. The predicted molar refractivity (Wildman–Crippen MR) is 54.1 cm³/mol. The lowest BCUT2D eigenvalue weighted by Gasteiger charge is -1.88. The Morgan fingerprint density at radius 1 is 1.29 bits per heavy atom. The largest absolute Gasteiger partial charge is 0.466 e. The van der Waals surface area contributed by atoms with E-state index in [9.17, 15) is 0 Å². The highest BCUT2D eigenvalue weighted by Crippen LogP contribution is 2.25. The van der Waals surface area contributed by atoms with Gasteiger partial charge in [-0.05, 0) is 19.9 Å². The van der Waals surface area contributed by atoms with Crippen LogP contribution in [0.3, 0.4) is 0 Å². The molecule has 2 rings (SSSR count). The van der Waals surface area contributed by atoms with Gasteiger partial charge >= 0.3 is 0 Å². The fourth-order valence-electron chi connectivity index (χ4n) is 1.26. The van der Waals surface area contributed by atoms with Crippen LogP contribution in [0.15, 0.2) is 14.9 Å². The van der Waals surface area contributed by atoms with Crippen LogP contribution < -0.4 is 0 Å². The van der Waals surface area contributed by atoms with Gasteiger partial charge in [-0.15, -0.1) is 10.2 Å². The third-order valence-corrected chi connectivity index (χ3v) is 2.33. The van der Waals surface area contributed by atoms with Crippen molar-refractivity contribution >= 4 is 15.9 Å². The molecule has 0 saturated carbocycles. The van der Waals surface area contributed by atoms with Gasteiger partial charge in [0.05, 0.1) is 10.9 Å². The molecule has 74 valence electrons. The van der Waals surface area contributed by atoms with Gasteiger partial charge in [-0.2, -0.15) is 0 Å². The predicted octanol–water partition coefficient (Wildman–Crippen LogP) is 2.84. The van der Waals surface area contributed by atoms with E-state index < -0.39 is 0 Å². The van der Waals surface area contributed by atoms with Gasteiger partial charge in [0.15, 0.2) is 0 Å². The molecule has 5 heteroatoms. The van der Waals surface area contributed by atoms with E-state index >= 15 is 0 Å². The third kappa shape index (κ3) is 1.59. The zero-order valence-electron chi connectivity index (χ0n) is 7.87. The summed E-state index contributed by atoms with van der Waals surface area (Å²) in [7, 11) is 0. The van der Waals surface area contributed by atoms with Gasteiger partial charge in [0.25, 0.3) is 5.89 Å². The van der Waals surface area contributed by atoms with Gasteiger partial charge in [0.2, 0.25) is 5.89 Å². The summed E-state index contributed by atoms with van der Waals surface area (Å²) in [6.45, 7) is 3.76. The minimum atomic E-state index is 0.508. The number of rotatable bonds is 2. The molecular weight excluding hydrogens is 248 g/mol. The molecule has 0 aliphatic carbocycles. The molecule has 0 amide bonds. The van der Waals surface area contributed by atoms with Crippen molar-refractivity contribution in [3.8, 4) is 11.5 Å². The fraction of sp³-hybridized carbons (Fsp3) is 0.333. The zero-order valence-corrected chi connectivity index (χ0v) is 9.46. The monoisotopic (exact) mass is 256 g/mol. The maximum Gasteiger partial charge on any atom is 0.251 e. The summed E-state index contributed by atoms with van der Waals surface area (Å²) in [5.74, 6) is 2.72. The molecule has 0 aromatic carbocycles. The molecule has 4 nitrogen and oxygen atoms in total. The summed E-state index contributed by atoms with van der Waals surface area (Å²) in [5.41, 5.74) is 0.863. The molecule has 2 aromatic heterocycles. The summed E-state index contributed by atoms with van der Waals surface area (Å²) in [4.78, 5) is 0. The average molecular weight is 257 g/mol. The Bertz CT molecular complexity index is 447. The first-order valence-electron chi connectivity index (χ1n) is 4.16. The summed E-state index contributed by atoms with van der Waals surface area (Å²) >= 11 is 3.25. The van der Waals surface area contributed by atoms with Gasteiger partial charge in [0.1, 0.15) is 11.5 Å². The Labute approximate surface area is 89.4 Å². The molecule has 2 aromatic rings. The Kier molecular flexibility index (Phi) is 2.41. The SMILES string of the molecule is Cc1cc(-c2nnc(CBr)o2)c(C)o1. The summed E-state index contributed by atoms with van der Waals surface area (Å²) in [6.07, 6.45) is 0. The van der Waals surface area contributed by atoms with Crippen LogP contribution >= 0.6 is 15.9 Å². The highest BCUT2D eigenvalue weighted by atomic mass is 79.9. The van der Waals surface area contributed by atoms with E-state index in [4.69, 9.17) is 8.83 Å². The molecule has 0 radical (unpaired) electrons.